The van der Waals surface area contributed by atoms with Gasteiger partial charge in [0.15, 0.2) is 0 Å². The van der Waals surface area contributed by atoms with Crippen LogP contribution in [-0.2, 0) is 28.4 Å². The molecule has 28 nitrogen and oxygen atoms in total. The summed E-state index contributed by atoms with van der Waals surface area (Å²) in [4.78, 5) is 143. The van der Waals surface area contributed by atoms with E-state index < -0.39 is 64.3 Å². The number of fused-ring (bicyclic) bond motifs is 4. The second kappa shape index (κ2) is 47.4. The van der Waals surface area contributed by atoms with Crippen LogP contribution >= 0.6 is 0 Å². The zero-order valence-corrected chi connectivity index (χ0v) is 69.7. The molecule has 0 saturated carbocycles. The largest absolute Gasteiger partial charge is 0.493 e. The molecule has 0 aliphatic carbocycles. The van der Waals surface area contributed by atoms with Gasteiger partial charge in [-0.2, -0.15) is 0 Å². The number of aryl methyl sites for hydroxylation is 1. The van der Waals surface area contributed by atoms with Crippen LogP contribution < -0.4 is 55.7 Å². The Hall–Kier alpha value is -14.3. The molecule has 0 bridgehead atoms. The van der Waals surface area contributed by atoms with Crippen LogP contribution in [0, 0.1) is 6.92 Å². The third-order valence-corrected chi connectivity index (χ3v) is 19.8. The highest BCUT2D eigenvalue weighted by atomic mass is 16.6. The van der Waals surface area contributed by atoms with Gasteiger partial charge in [0.1, 0.15) is 62.6 Å². The number of benzene rings is 8. The molecule has 656 valence electrons. The zero-order valence-electron chi connectivity index (χ0n) is 69.7. The third kappa shape index (κ3) is 28.9. The van der Waals surface area contributed by atoms with Crippen molar-refractivity contribution in [1.82, 2.24) is 0 Å². The van der Waals surface area contributed by atoms with Gasteiger partial charge >= 0.3 is 64.3 Å². The van der Waals surface area contributed by atoms with E-state index >= 15 is 0 Å². The highest BCUT2D eigenvalue weighted by Gasteiger charge is 2.23. The number of hydrogen-bond acceptors (Lipinski definition) is 28. The van der Waals surface area contributed by atoms with Crippen LogP contribution in [0.3, 0.4) is 0 Å². The molecule has 12 aromatic rings. The number of unbranched alkanes of at least 4 members (excludes halogenated alkanes) is 12. The molecule has 0 amide bonds. The lowest BCUT2D eigenvalue weighted by molar-refractivity contribution is 0.0463. The van der Waals surface area contributed by atoms with Crippen molar-refractivity contribution in [2.45, 2.75) is 122 Å². The molecular formula is C98H96O28. The number of carbonyl (C=O) groups excluding carboxylic acids is 7. The third-order valence-electron chi connectivity index (χ3n) is 19.8. The van der Waals surface area contributed by atoms with Gasteiger partial charge in [0, 0.05) is 82.9 Å². The highest BCUT2D eigenvalue weighted by molar-refractivity contribution is 5.99. The summed E-state index contributed by atoms with van der Waals surface area (Å²) in [5.74, 6) is -3.08. The Kier molecular flexibility index (Phi) is 34.2. The Morgan fingerprint density at radius 1 is 0.206 bits per heavy atom. The van der Waals surface area contributed by atoms with E-state index in [1.165, 1.54) is 78.9 Å². The molecule has 4 aromatic heterocycles. The van der Waals surface area contributed by atoms with E-state index in [0.717, 1.165) is 52.8 Å². The van der Waals surface area contributed by atoms with Crippen LogP contribution in [0.4, 0.5) is 0 Å². The first-order chi connectivity index (χ1) is 61.4. The van der Waals surface area contributed by atoms with Gasteiger partial charge in [-0.25, -0.2) is 52.7 Å². The molecular weight excluding hydrogens is 1630 g/mol. The van der Waals surface area contributed by atoms with E-state index in [-0.39, 0.29) is 122 Å². The molecule has 0 saturated heterocycles. The van der Waals surface area contributed by atoms with Crippen molar-refractivity contribution < 1.29 is 113 Å². The number of hydrogen-bond donors (Lipinski definition) is 0. The summed E-state index contributed by atoms with van der Waals surface area (Å²) in [5, 5.41) is 3.10. The Morgan fingerprint density at radius 3 is 0.698 bits per heavy atom. The Morgan fingerprint density at radius 2 is 0.429 bits per heavy atom. The fourth-order valence-corrected chi connectivity index (χ4v) is 13.1. The zero-order chi connectivity index (χ0) is 88.2. The van der Waals surface area contributed by atoms with Crippen LogP contribution in [0.15, 0.2) is 237 Å². The van der Waals surface area contributed by atoms with Crippen molar-refractivity contribution in [2.75, 3.05) is 79.3 Å². The molecule has 12 rings (SSSR count). The van der Waals surface area contributed by atoms with E-state index in [1.54, 1.807) is 97.1 Å². The maximum Gasteiger partial charge on any atom is 0.343 e. The molecule has 126 heavy (non-hydrogen) atoms. The molecule has 28 heteroatoms. The predicted octanol–water partition coefficient (Wildman–Crippen LogP) is 18.1. The van der Waals surface area contributed by atoms with Gasteiger partial charge in [-0.05, 0) is 249 Å². The van der Waals surface area contributed by atoms with Crippen molar-refractivity contribution in [3.63, 3.8) is 0 Å². The lowest BCUT2D eigenvalue weighted by atomic mass is 10.1. The van der Waals surface area contributed by atoms with E-state index in [4.69, 9.17) is 79.2 Å². The van der Waals surface area contributed by atoms with Gasteiger partial charge in [-0.3, -0.25) is 0 Å². The molecule has 8 aromatic carbocycles. The Bertz CT molecular complexity index is 5390. The van der Waals surface area contributed by atoms with E-state index in [0.29, 0.717) is 149 Å². The first-order valence-electron chi connectivity index (χ1n) is 42.1. The minimum atomic E-state index is -0.903. The van der Waals surface area contributed by atoms with Crippen LogP contribution in [0.2, 0.25) is 0 Å². The SMILES string of the molecule is Cc1ccc(C(=O)Oc2cc(C(=O)OCCCOc3cc(C(=O)OCCCCCCOc4ccc5ccc(=O)oc5c4)cc(C(=O)OCCCCCCOc4ccc5ccc(=O)oc5c4)c3)cc(C(=O)OCCCOc3cc(C(=O)OCCCCCCOc4ccc5ccc(=O)oc5c4)cc(C(=O)OCCCCCCOc4ccc5ccc(=O)oc5c4)c3)c2)cc1. The monoisotopic (exact) mass is 1720 g/mol. The quantitative estimate of drug-likeness (QED) is 0.0112. The van der Waals surface area contributed by atoms with Gasteiger partial charge < -0.3 is 79.2 Å². The van der Waals surface area contributed by atoms with E-state index in [9.17, 15) is 52.7 Å². The second-order valence-corrected chi connectivity index (χ2v) is 29.6. The Labute approximate surface area is 723 Å². The molecule has 0 aliphatic heterocycles. The average Bonchev–Trinajstić information content (AvgIpc) is 1.16. The molecule has 0 aliphatic rings. The number of rotatable bonds is 50. The van der Waals surface area contributed by atoms with Crippen molar-refractivity contribution >= 4 is 85.7 Å². The Balaban J connectivity index is 0.622. The smallest absolute Gasteiger partial charge is 0.343 e. The fraction of sp³-hybridized carbons (Fsp3) is 0.316. The van der Waals surface area contributed by atoms with E-state index in [1.807, 2.05) is 31.2 Å². The number of esters is 7. The number of carbonyl (C=O) groups is 7. The lowest BCUT2D eigenvalue weighted by Gasteiger charge is -2.13. The summed E-state index contributed by atoms with van der Waals surface area (Å²) in [6.07, 6.45) is 11.1. The summed E-state index contributed by atoms with van der Waals surface area (Å²) < 4.78 is 96.4. The summed E-state index contributed by atoms with van der Waals surface area (Å²) in [6, 6.07) is 52.0. The first kappa shape index (κ1) is 90.9. The highest BCUT2D eigenvalue weighted by Crippen LogP contribution is 2.29. The van der Waals surface area contributed by atoms with Crippen LogP contribution in [0.5, 0.6) is 40.2 Å². The summed E-state index contributed by atoms with van der Waals surface area (Å²) in [6.45, 7) is 3.20. The maximum atomic E-state index is 13.9. The summed E-state index contributed by atoms with van der Waals surface area (Å²) in [7, 11) is 0. The second-order valence-electron chi connectivity index (χ2n) is 29.6. The molecule has 0 N–H and O–H groups in total. The minimum Gasteiger partial charge on any atom is -0.493 e. The van der Waals surface area contributed by atoms with Crippen LogP contribution in [-0.4, -0.2) is 121 Å². The minimum absolute atomic E-state index is 0.0254. The van der Waals surface area contributed by atoms with E-state index in [2.05, 4.69) is 0 Å². The molecule has 0 radical (unpaired) electrons. The molecule has 4 heterocycles. The molecule has 0 fully saturated rings. The normalized spacial score (nSPS) is 11.1. The van der Waals surface area contributed by atoms with Crippen LogP contribution in [0.1, 0.15) is 194 Å². The van der Waals surface area contributed by atoms with Crippen molar-refractivity contribution in [3.05, 3.63) is 286 Å². The predicted molar refractivity (Wildman–Crippen MR) is 463 cm³/mol. The van der Waals surface area contributed by atoms with Gasteiger partial charge in [0.2, 0.25) is 0 Å². The number of ether oxygens (including phenoxy) is 13. The molecule has 0 spiro atoms. The van der Waals surface area contributed by atoms with Crippen LogP contribution in [0.25, 0.3) is 43.9 Å². The standard InChI is InChI=1S/C98H96O28/c1-65-20-22-70(23-21-65)98(109)122-83-59-75(96(107)120-50-18-48-114-81-55-71(92(103)116-44-14-6-2-10-40-110-77-32-24-66-28-36-88(99)123-84(66)61-77)52-72(56-81)93(104)117-45-15-7-3-11-41-111-78-33-25-67-29-37-89(100)124-85(67)62-78)54-76(60-83)97(108)121-51-19-49-115-82-57-73(94(105)118-46-16-8-4-12-42-112-79-34-26-68-30-38-90(101)125-86(68)63-79)53-74(58-82)95(106)119-47-17-9-5-13-43-113-80-35-27-69-31-39-91(102)126-87(69)64-80/h20-39,52-64H,2-19,40-51H2,1H3. The van der Waals surface area contributed by atoms with Gasteiger partial charge in [0.25, 0.3) is 0 Å². The van der Waals surface area contributed by atoms with Gasteiger partial charge in [-0.15, -0.1) is 0 Å². The summed E-state index contributed by atoms with van der Waals surface area (Å²) in [5.41, 5.74) is 0.719. The first-order valence-corrected chi connectivity index (χ1v) is 42.1. The van der Waals surface area contributed by atoms with Crippen molar-refractivity contribution in [2.24, 2.45) is 0 Å². The molecule has 0 atom stereocenters. The molecule has 0 unspecified atom stereocenters. The fourth-order valence-electron chi connectivity index (χ4n) is 13.1. The van der Waals surface area contributed by atoms with Crippen molar-refractivity contribution in [3.8, 4) is 40.2 Å². The van der Waals surface area contributed by atoms with Gasteiger partial charge in [-0.1, -0.05) is 17.7 Å². The van der Waals surface area contributed by atoms with Crippen molar-refractivity contribution in [1.29, 1.82) is 0 Å². The van der Waals surface area contributed by atoms with Gasteiger partial charge in [0.05, 0.1) is 118 Å². The maximum absolute atomic E-state index is 13.9. The topological polar surface area (TPSA) is 360 Å². The lowest BCUT2D eigenvalue weighted by Crippen LogP contribution is -2.15. The average molecular weight is 1720 g/mol. The summed E-state index contributed by atoms with van der Waals surface area (Å²) >= 11 is 0.